The third-order valence-corrected chi connectivity index (χ3v) is 5.53. The molecule has 1 aliphatic rings. The molecule has 2 aromatic rings. The van der Waals surface area contributed by atoms with Gasteiger partial charge in [0.05, 0.1) is 6.26 Å². The molecule has 2 aromatic carbocycles. The fraction of sp³-hybridized carbons (Fsp3) is 0.429. The average Bonchev–Trinajstić information content (AvgIpc) is 2.89. The highest BCUT2D eigenvalue weighted by atomic mass is 32.2. The molecule has 0 aromatic heterocycles. The van der Waals surface area contributed by atoms with Crippen molar-refractivity contribution in [1.29, 1.82) is 0 Å². The van der Waals surface area contributed by atoms with E-state index >= 15 is 0 Å². The van der Waals surface area contributed by atoms with Gasteiger partial charge in [-0.15, -0.1) is 0 Å². The molecular formula is C21H28N2O2S. The first kappa shape index (κ1) is 18.9. The molecule has 0 radical (unpaired) electrons. The molecular weight excluding hydrogens is 344 g/mol. The van der Waals surface area contributed by atoms with Crippen LogP contribution >= 0.6 is 0 Å². The molecule has 0 bridgehead atoms. The molecule has 0 saturated heterocycles. The lowest BCUT2D eigenvalue weighted by Gasteiger charge is -2.16. The second kappa shape index (κ2) is 8.69. The predicted octanol–water partition coefficient (Wildman–Crippen LogP) is 4.54. The van der Waals surface area contributed by atoms with Gasteiger partial charge in [0.25, 0.3) is 0 Å². The lowest BCUT2D eigenvalue weighted by Crippen LogP contribution is -2.27. The highest BCUT2D eigenvalue weighted by Gasteiger charge is 2.11. The first-order valence-electron chi connectivity index (χ1n) is 9.40. The minimum absolute atomic E-state index is 0.584. The number of hydrogen-bond acceptors (Lipinski definition) is 3. The van der Waals surface area contributed by atoms with Crippen molar-refractivity contribution in [3.8, 4) is 11.1 Å². The zero-order chi connectivity index (χ0) is 18.4. The SMILES string of the molecule is CS(=O)(=O)Nc1ccc(-c2ccc(CNC3CCCCCC3)cc2)cc1. The van der Waals surface area contributed by atoms with Gasteiger partial charge in [0.2, 0.25) is 10.0 Å². The molecule has 0 atom stereocenters. The van der Waals surface area contributed by atoms with Gasteiger partial charge in [-0.3, -0.25) is 4.72 Å². The maximum Gasteiger partial charge on any atom is 0.229 e. The van der Waals surface area contributed by atoms with E-state index in [-0.39, 0.29) is 0 Å². The molecule has 140 valence electrons. The van der Waals surface area contributed by atoms with Crippen molar-refractivity contribution < 1.29 is 8.42 Å². The third kappa shape index (κ3) is 5.85. The van der Waals surface area contributed by atoms with E-state index in [1.807, 2.05) is 12.1 Å². The summed E-state index contributed by atoms with van der Waals surface area (Å²) in [7, 11) is -3.24. The second-order valence-corrected chi connectivity index (χ2v) is 8.97. The number of hydrogen-bond donors (Lipinski definition) is 2. The molecule has 0 unspecified atom stereocenters. The summed E-state index contributed by atoms with van der Waals surface area (Å²) in [6.45, 7) is 0.919. The lowest BCUT2D eigenvalue weighted by atomic mass is 10.0. The van der Waals surface area contributed by atoms with Crippen LogP contribution in [-0.2, 0) is 16.6 Å². The quantitative estimate of drug-likeness (QED) is 0.732. The van der Waals surface area contributed by atoms with Gasteiger partial charge in [0, 0.05) is 18.3 Å². The second-order valence-electron chi connectivity index (χ2n) is 7.22. The van der Waals surface area contributed by atoms with E-state index < -0.39 is 10.0 Å². The summed E-state index contributed by atoms with van der Waals surface area (Å²) >= 11 is 0. The maximum absolute atomic E-state index is 11.3. The van der Waals surface area contributed by atoms with Gasteiger partial charge in [0.1, 0.15) is 0 Å². The summed E-state index contributed by atoms with van der Waals surface area (Å²) < 4.78 is 25.0. The smallest absolute Gasteiger partial charge is 0.229 e. The summed E-state index contributed by atoms with van der Waals surface area (Å²) in [4.78, 5) is 0. The molecule has 26 heavy (non-hydrogen) atoms. The normalized spacial score (nSPS) is 16.2. The Morgan fingerprint density at radius 1 is 0.846 bits per heavy atom. The summed E-state index contributed by atoms with van der Waals surface area (Å²) in [5.74, 6) is 0. The van der Waals surface area contributed by atoms with Crippen LogP contribution in [0.15, 0.2) is 48.5 Å². The van der Waals surface area contributed by atoms with Crippen LogP contribution in [0.5, 0.6) is 0 Å². The Bertz CT molecular complexity index is 791. The van der Waals surface area contributed by atoms with Crippen molar-refractivity contribution in [1.82, 2.24) is 5.32 Å². The van der Waals surface area contributed by atoms with E-state index in [1.165, 1.54) is 44.1 Å². The van der Waals surface area contributed by atoms with E-state index in [2.05, 4.69) is 34.3 Å². The molecule has 2 N–H and O–H groups in total. The van der Waals surface area contributed by atoms with E-state index in [9.17, 15) is 8.42 Å². The standard InChI is InChI=1S/C21H28N2O2S/c1-26(24,25)23-21-14-12-19(13-15-21)18-10-8-17(9-11-18)16-22-20-6-4-2-3-5-7-20/h8-15,20,22-23H,2-7,16H2,1H3. The van der Waals surface area contributed by atoms with Gasteiger partial charge in [-0.1, -0.05) is 62.1 Å². The molecule has 1 saturated carbocycles. The fourth-order valence-electron chi connectivity index (χ4n) is 3.51. The molecule has 1 fully saturated rings. The first-order chi connectivity index (χ1) is 12.5. The van der Waals surface area contributed by atoms with Crippen LogP contribution in [0.25, 0.3) is 11.1 Å². The van der Waals surface area contributed by atoms with Crippen molar-refractivity contribution in [3.05, 3.63) is 54.1 Å². The van der Waals surface area contributed by atoms with Crippen LogP contribution in [-0.4, -0.2) is 20.7 Å². The lowest BCUT2D eigenvalue weighted by molar-refractivity contribution is 0.459. The number of anilines is 1. The van der Waals surface area contributed by atoms with Crippen LogP contribution in [0.2, 0.25) is 0 Å². The summed E-state index contributed by atoms with van der Waals surface area (Å²) in [5.41, 5.74) is 4.09. The number of rotatable bonds is 6. The van der Waals surface area contributed by atoms with Crippen LogP contribution < -0.4 is 10.0 Å². The Labute approximate surface area is 157 Å². The van der Waals surface area contributed by atoms with E-state index in [0.717, 1.165) is 23.9 Å². The molecule has 0 spiro atoms. The Morgan fingerprint density at radius 3 is 1.92 bits per heavy atom. The Kier molecular flexibility index (Phi) is 6.33. The number of sulfonamides is 1. The highest BCUT2D eigenvalue weighted by molar-refractivity contribution is 7.92. The van der Waals surface area contributed by atoms with Crippen molar-refractivity contribution in [3.63, 3.8) is 0 Å². The van der Waals surface area contributed by atoms with Gasteiger partial charge in [-0.05, 0) is 41.7 Å². The molecule has 3 rings (SSSR count). The minimum Gasteiger partial charge on any atom is -0.310 e. The van der Waals surface area contributed by atoms with E-state index in [4.69, 9.17) is 0 Å². The Hall–Kier alpha value is -1.85. The van der Waals surface area contributed by atoms with E-state index in [1.54, 1.807) is 12.1 Å². The average molecular weight is 373 g/mol. The van der Waals surface area contributed by atoms with Gasteiger partial charge >= 0.3 is 0 Å². The Morgan fingerprint density at radius 2 is 1.38 bits per heavy atom. The van der Waals surface area contributed by atoms with Crippen LogP contribution in [0.1, 0.15) is 44.1 Å². The monoisotopic (exact) mass is 372 g/mol. The van der Waals surface area contributed by atoms with Crippen LogP contribution in [0.4, 0.5) is 5.69 Å². The molecule has 5 heteroatoms. The molecule has 1 aliphatic carbocycles. The summed E-state index contributed by atoms with van der Waals surface area (Å²) in [6.07, 6.45) is 9.21. The topological polar surface area (TPSA) is 58.2 Å². The number of nitrogens with one attached hydrogen (secondary N) is 2. The zero-order valence-corrected chi connectivity index (χ0v) is 16.2. The molecule has 0 heterocycles. The van der Waals surface area contributed by atoms with E-state index in [0.29, 0.717) is 11.7 Å². The van der Waals surface area contributed by atoms with Gasteiger partial charge in [-0.2, -0.15) is 0 Å². The number of benzene rings is 2. The van der Waals surface area contributed by atoms with Crippen molar-refractivity contribution in [2.45, 2.75) is 51.1 Å². The molecule has 4 nitrogen and oxygen atoms in total. The molecule has 0 aliphatic heterocycles. The largest absolute Gasteiger partial charge is 0.310 e. The van der Waals surface area contributed by atoms with Gasteiger partial charge < -0.3 is 5.32 Å². The van der Waals surface area contributed by atoms with Crippen LogP contribution in [0, 0.1) is 0 Å². The fourth-order valence-corrected chi connectivity index (χ4v) is 4.07. The van der Waals surface area contributed by atoms with Crippen molar-refractivity contribution in [2.75, 3.05) is 11.0 Å². The summed E-state index contributed by atoms with van der Waals surface area (Å²) in [6, 6.07) is 16.7. The van der Waals surface area contributed by atoms with Crippen LogP contribution in [0.3, 0.4) is 0 Å². The van der Waals surface area contributed by atoms with Gasteiger partial charge in [0.15, 0.2) is 0 Å². The summed E-state index contributed by atoms with van der Waals surface area (Å²) in [5, 5.41) is 3.70. The Balaban J connectivity index is 1.58. The first-order valence-corrected chi connectivity index (χ1v) is 11.3. The zero-order valence-electron chi connectivity index (χ0n) is 15.4. The molecule has 0 amide bonds. The maximum atomic E-state index is 11.3. The highest BCUT2D eigenvalue weighted by Crippen LogP contribution is 2.23. The minimum atomic E-state index is -3.24. The van der Waals surface area contributed by atoms with Crippen molar-refractivity contribution >= 4 is 15.7 Å². The van der Waals surface area contributed by atoms with Gasteiger partial charge in [-0.25, -0.2) is 8.42 Å². The van der Waals surface area contributed by atoms with Crippen molar-refractivity contribution in [2.24, 2.45) is 0 Å². The predicted molar refractivity (Wildman–Crippen MR) is 109 cm³/mol. The third-order valence-electron chi connectivity index (χ3n) is 4.93.